The third kappa shape index (κ3) is 1.81. The van der Waals surface area contributed by atoms with Crippen LogP contribution >= 0.6 is 0 Å². The fraction of sp³-hybridized carbons (Fsp3) is 0.667. The van der Waals surface area contributed by atoms with Gasteiger partial charge in [0, 0.05) is 11.5 Å². The van der Waals surface area contributed by atoms with Gasteiger partial charge in [-0.2, -0.15) is 0 Å². The molecule has 0 aromatic carbocycles. The molecule has 2 saturated heterocycles. The molecule has 2 aliphatic heterocycles. The van der Waals surface area contributed by atoms with Gasteiger partial charge in [0.25, 0.3) is 0 Å². The summed E-state index contributed by atoms with van der Waals surface area (Å²) in [7, 11) is 0. The lowest BCUT2D eigenvalue weighted by atomic mass is 9.84. The molecule has 0 aromatic heterocycles. The van der Waals surface area contributed by atoms with Crippen LogP contribution in [-0.4, -0.2) is 23.8 Å². The summed E-state index contributed by atoms with van der Waals surface area (Å²) in [5, 5.41) is 0. The Balaban J connectivity index is 1.87. The minimum Gasteiger partial charge on any atom is -0.455 e. The number of esters is 1. The van der Waals surface area contributed by atoms with Crippen LogP contribution in [0.25, 0.3) is 0 Å². The molecule has 3 nitrogen and oxygen atoms in total. The summed E-state index contributed by atoms with van der Waals surface area (Å²) in [5.74, 6) is -0.102. The molecule has 0 aromatic rings. The van der Waals surface area contributed by atoms with Gasteiger partial charge in [-0.25, -0.2) is 4.79 Å². The van der Waals surface area contributed by atoms with E-state index in [1.807, 2.05) is 0 Å². The van der Waals surface area contributed by atoms with Crippen molar-refractivity contribution < 1.29 is 14.3 Å². The van der Waals surface area contributed by atoms with E-state index in [0.29, 0.717) is 5.57 Å². The lowest BCUT2D eigenvalue weighted by molar-refractivity contribution is -0.140. The molecule has 2 fully saturated rings. The number of carbonyl (C=O) groups is 1. The first-order chi connectivity index (χ1) is 8.51. The molecule has 4 atom stereocenters. The van der Waals surface area contributed by atoms with E-state index in [1.54, 1.807) is 0 Å². The van der Waals surface area contributed by atoms with Crippen molar-refractivity contribution >= 4 is 5.97 Å². The van der Waals surface area contributed by atoms with E-state index in [2.05, 4.69) is 26.5 Å². The third-order valence-electron chi connectivity index (χ3n) is 4.57. The van der Waals surface area contributed by atoms with Gasteiger partial charge in [-0.3, -0.25) is 0 Å². The van der Waals surface area contributed by atoms with Crippen molar-refractivity contribution in [2.45, 2.75) is 57.3 Å². The van der Waals surface area contributed by atoms with E-state index in [9.17, 15) is 4.79 Å². The van der Waals surface area contributed by atoms with Crippen molar-refractivity contribution in [3.63, 3.8) is 0 Å². The fourth-order valence-electron chi connectivity index (χ4n) is 3.20. The van der Waals surface area contributed by atoms with Gasteiger partial charge < -0.3 is 9.47 Å². The smallest absolute Gasteiger partial charge is 0.334 e. The van der Waals surface area contributed by atoms with Crippen molar-refractivity contribution in [2.24, 2.45) is 5.92 Å². The molecule has 0 unspecified atom stereocenters. The molecule has 0 N–H and O–H groups in total. The fourth-order valence-corrected chi connectivity index (χ4v) is 3.20. The average Bonchev–Trinajstić information content (AvgIpc) is 2.90. The van der Waals surface area contributed by atoms with Gasteiger partial charge in [0.1, 0.15) is 12.2 Å². The van der Waals surface area contributed by atoms with Crippen molar-refractivity contribution in [3.05, 3.63) is 23.8 Å². The van der Waals surface area contributed by atoms with Crippen LogP contribution in [0.5, 0.6) is 0 Å². The van der Waals surface area contributed by atoms with Crippen molar-refractivity contribution in [1.82, 2.24) is 0 Å². The monoisotopic (exact) mass is 248 g/mol. The summed E-state index contributed by atoms with van der Waals surface area (Å²) in [5.41, 5.74) is 1.91. The van der Waals surface area contributed by atoms with Crippen molar-refractivity contribution in [2.75, 3.05) is 0 Å². The first kappa shape index (κ1) is 12.0. The largest absolute Gasteiger partial charge is 0.455 e. The summed E-state index contributed by atoms with van der Waals surface area (Å²) in [6, 6.07) is 0. The second-order valence-corrected chi connectivity index (χ2v) is 5.98. The number of fused-ring (bicyclic) bond motifs is 3. The topological polar surface area (TPSA) is 38.8 Å². The predicted molar refractivity (Wildman–Crippen MR) is 68.0 cm³/mol. The van der Waals surface area contributed by atoms with Crippen LogP contribution in [0.2, 0.25) is 0 Å². The van der Waals surface area contributed by atoms with E-state index >= 15 is 0 Å². The summed E-state index contributed by atoms with van der Waals surface area (Å²) in [6.07, 6.45) is 6.25. The second kappa shape index (κ2) is 3.95. The lowest BCUT2D eigenvalue weighted by Gasteiger charge is -2.19. The number of rotatable bonds is 0. The zero-order valence-electron chi connectivity index (χ0n) is 11.1. The lowest BCUT2D eigenvalue weighted by Crippen LogP contribution is -2.28. The number of ether oxygens (including phenoxy) is 2. The van der Waals surface area contributed by atoms with Crippen molar-refractivity contribution in [1.29, 1.82) is 0 Å². The Morgan fingerprint density at radius 1 is 1.50 bits per heavy atom. The molecule has 0 saturated carbocycles. The van der Waals surface area contributed by atoms with Crippen LogP contribution in [-0.2, 0) is 14.3 Å². The Kier molecular flexibility index (Phi) is 2.63. The number of hydrogen-bond donors (Lipinski definition) is 0. The van der Waals surface area contributed by atoms with Crippen LogP contribution in [0, 0.1) is 5.92 Å². The molecule has 98 valence electrons. The summed E-state index contributed by atoms with van der Waals surface area (Å²) in [4.78, 5) is 11.7. The van der Waals surface area contributed by atoms with Gasteiger partial charge in [-0.1, -0.05) is 18.2 Å². The van der Waals surface area contributed by atoms with Crippen LogP contribution < -0.4 is 0 Å². The van der Waals surface area contributed by atoms with Crippen LogP contribution in [0.15, 0.2) is 23.8 Å². The summed E-state index contributed by atoms with van der Waals surface area (Å²) in [6.45, 7) is 8.17. The van der Waals surface area contributed by atoms with Gasteiger partial charge >= 0.3 is 5.97 Å². The van der Waals surface area contributed by atoms with Gasteiger partial charge in [-0.05, 0) is 39.5 Å². The zero-order valence-corrected chi connectivity index (χ0v) is 11.1. The SMILES string of the molecule is C=C1C(=O)O[C@@H]2[C@H]1CCC(C)=CCC[C@@]1(C)O[C@@H]21. The molecule has 0 spiro atoms. The minimum atomic E-state index is -0.233. The van der Waals surface area contributed by atoms with E-state index in [4.69, 9.17) is 9.47 Å². The first-order valence-electron chi connectivity index (χ1n) is 6.74. The Bertz CT molecular complexity index is 437. The highest BCUT2D eigenvalue weighted by molar-refractivity contribution is 5.91. The van der Waals surface area contributed by atoms with Gasteiger partial charge in [-0.15, -0.1) is 0 Å². The third-order valence-corrected chi connectivity index (χ3v) is 4.57. The highest BCUT2D eigenvalue weighted by Gasteiger charge is 2.61. The highest BCUT2D eigenvalue weighted by atomic mass is 16.6. The number of epoxide rings is 1. The highest BCUT2D eigenvalue weighted by Crippen LogP contribution is 2.49. The van der Waals surface area contributed by atoms with E-state index in [1.165, 1.54) is 5.57 Å². The standard InChI is InChI=1S/C15H20O3/c1-9-5-4-8-15(3)13(18-15)12-11(7-6-9)10(2)14(16)17-12/h5,11-13H,2,4,6-8H2,1,3H3/t11-,12+,13-,15+/m0/s1. The molecule has 0 bridgehead atoms. The molecule has 3 aliphatic rings. The van der Waals surface area contributed by atoms with Crippen LogP contribution in [0.4, 0.5) is 0 Å². The Morgan fingerprint density at radius 2 is 2.28 bits per heavy atom. The van der Waals surface area contributed by atoms with Crippen LogP contribution in [0.1, 0.15) is 39.5 Å². The summed E-state index contributed by atoms with van der Waals surface area (Å²) < 4.78 is 11.3. The van der Waals surface area contributed by atoms with E-state index in [-0.39, 0.29) is 29.7 Å². The number of hydrogen-bond acceptors (Lipinski definition) is 3. The molecular weight excluding hydrogens is 228 g/mol. The first-order valence-corrected chi connectivity index (χ1v) is 6.74. The maximum atomic E-state index is 11.7. The van der Waals surface area contributed by atoms with Crippen molar-refractivity contribution in [3.8, 4) is 0 Å². The summed E-state index contributed by atoms with van der Waals surface area (Å²) >= 11 is 0. The number of carbonyl (C=O) groups excluding carboxylic acids is 1. The molecular formula is C15H20O3. The number of allylic oxidation sites excluding steroid dienone is 2. The van der Waals surface area contributed by atoms with E-state index < -0.39 is 0 Å². The minimum absolute atomic E-state index is 0.0671. The molecule has 0 amide bonds. The maximum absolute atomic E-state index is 11.7. The van der Waals surface area contributed by atoms with Gasteiger partial charge in [0.15, 0.2) is 0 Å². The molecule has 1 aliphatic carbocycles. The second-order valence-electron chi connectivity index (χ2n) is 5.98. The van der Waals surface area contributed by atoms with Crippen LogP contribution in [0.3, 0.4) is 0 Å². The Morgan fingerprint density at radius 3 is 3.06 bits per heavy atom. The average molecular weight is 248 g/mol. The van der Waals surface area contributed by atoms with Gasteiger partial charge in [0.05, 0.1) is 5.60 Å². The Labute approximate surface area is 108 Å². The predicted octanol–water partition coefficient (Wildman–Crippen LogP) is 2.76. The molecule has 3 heteroatoms. The zero-order chi connectivity index (χ0) is 12.9. The Hall–Kier alpha value is -1.09. The molecule has 2 heterocycles. The molecule has 0 radical (unpaired) electrons. The van der Waals surface area contributed by atoms with Gasteiger partial charge in [0.2, 0.25) is 0 Å². The quantitative estimate of drug-likeness (QED) is 0.286. The molecule has 3 rings (SSSR count). The van der Waals surface area contributed by atoms with E-state index in [0.717, 1.165) is 25.7 Å². The normalized spacial score (nSPS) is 43.7. The maximum Gasteiger partial charge on any atom is 0.334 e. The molecule has 18 heavy (non-hydrogen) atoms.